The Labute approximate surface area is 180 Å². The maximum Gasteiger partial charge on any atom is 0.407 e. The number of amides is 1. The summed E-state index contributed by atoms with van der Waals surface area (Å²) in [5.74, 6) is 1.18. The van der Waals surface area contributed by atoms with Crippen LogP contribution in [0.25, 0.3) is 0 Å². The van der Waals surface area contributed by atoms with Gasteiger partial charge in [0.25, 0.3) is 0 Å². The van der Waals surface area contributed by atoms with Gasteiger partial charge in [-0.25, -0.2) is 24.7 Å². The van der Waals surface area contributed by atoms with Crippen LogP contribution in [0.15, 0.2) is 26.2 Å². The van der Waals surface area contributed by atoms with Crippen molar-refractivity contribution in [2.24, 2.45) is 0 Å². The van der Waals surface area contributed by atoms with E-state index >= 15 is 0 Å². The molecule has 3 rings (SSSR count). The molecule has 0 spiro atoms. The van der Waals surface area contributed by atoms with Gasteiger partial charge in [0.2, 0.25) is 0 Å². The second-order valence-corrected chi connectivity index (χ2v) is 7.82. The van der Waals surface area contributed by atoms with Crippen LogP contribution in [0, 0.1) is 0 Å². The number of carbonyl (C=O) groups is 1. The zero-order valence-electron chi connectivity index (χ0n) is 13.9. The van der Waals surface area contributed by atoms with Crippen molar-refractivity contribution in [1.29, 1.82) is 0 Å². The van der Waals surface area contributed by atoms with E-state index < -0.39 is 6.09 Å². The smallest absolute Gasteiger partial charge is 0.407 e. The van der Waals surface area contributed by atoms with Gasteiger partial charge in [-0.05, 0) is 60.6 Å². The van der Waals surface area contributed by atoms with Crippen molar-refractivity contribution in [3.05, 3.63) is 26.2 Å². The Balaban J connectivity index is 0.000000244. The Kier molecular flexibility index (Phi) is 7.98. The number of rotatable bonds is 3. The summed E-state index contributed by atoms with van der Waals surface area (Å²) in [6.07, 6.45) is 3.91. The van der Waals surface area contributed by atoms with Crippen molar-refractivity contribution < 1.29 is 9.90 Å². The van der Waals surface area contributed by atoms with E-state index in [-0.39, 0.29) is 6.04 Å². The lowest BCUT2D eigenvalue weighted by Crippen LogP contribution is -2.38. The van der Waals surface area contributed by atoms with Crippen LogP contribution in [0.1, 0.15) is 12.8 Å². The number of hydrogen-bond donors (Lipinski definition) is 4. The molecular formula is C14H17Br3N8O2. The average Bonchev–Trinajstić information content (AvgIpc) is 3.09. The molecule has 0 saturated carbocycles. The molecule has 1 unspecified atom stereocenters. The maximum absolute atomic E-state index is 11.0. The molecule has 0 aliphatic carbocycles. The molecule has 0 aromatic carbocycles. The molecule has 1 atom stereocenters. The van der Waals surface area contributed by atoms with Gasteiger partial charge in [-0.1, -0.05) is 0 Å². The molecular weight excluding hydrogens is 552 g/mol. The van der Waals surface area contributed by atoms with Crippen molar-refractivity contribution in [2.75, 3.05) is 29.9 Å². The Bertz CT molecular complexity index is 810. The van der Waals surface area contributed by atoms with E-state index in [1.54, 1.807) is 6.20 Å². The van der Waals surface area contributed by atoms with E-state index in [0.717, 1.165) is 12.8 Å². The number of halogens is 3. The van der Waals surface area contributed by atoms with Crippen molar-refractivity contribution in [3.63, 3.8) is 0 Å². The summed E-state index contributed by atoms with van der Waals surface area (Å²) in [5.41, 5.74) is 11.0. The quantitative estimate of drug-likeness (QED) is 0.437. The van der Waals surface area contributed by atoms with Gasteiger partial charge in [-0.15, -0.1) is 0 Å². The Morgan fingerprint density at radius 2 is 1.81 bits per heavy atom. The molecule has 13 heteroatoms. The minimum absolute atomic E-state index is 0.0392. The van der Waals surface area contributed by atoms with Gasteiger partial charge in [0.05, 0.1) is 18.4 Å². The minimum Gasteiger partial charge on any atom is -0.465 e. The molecule has 6 N–H and O–H groups in total. The summed E-state index contributed by atoms with van der Waals surface area (Å²) in [4.78, 5) is 28.2. The molecule has 2 aromatic rings. The number of nitrogens with zero attached hydrogens (tertiary/aromatic N) is 5. The van der Waals surface area contributed by atoms with Crippen molar-refractivity contribution in [2.45, 2.75) is 18.9 Å². The van der Waals surface area contributed by atoms with Gasteiger partial charge in [0.1, 0.15) is 13.8 Å². The van der Waals surface area contributed by atoms with Crippen LogP contribution in [-0.2, 0) is 0 Å². The molecule has 1 saturated heterocycles. The number of carboxylic acid groups (broad SMARTS) is 1. The highest BCUT2D eigenvalue weighted by Crippen LogP contribution is 2.20. The number of nitrogens with one attached hydrogen (secondary N) is 1. The first-order chi connectivity index (χ1) is 12.8. The third kappa shape index (κ3) is 6.43. The fraction of sp³-hybridized carbons (Fsp3) is 0.357. The van der Waals surface area contributed by atoms with Crippen molar-refractivity contribution in [1.82, 2.24) is 24.8 Å². The molecule has 0 bridgehead atoms. The predicted octanol–water partition coefficient (Wildman–Crippen LogP) is 2.96. The summed E-state index contributed by atoms with van der Waals surface area (Å²) in [6.45, 7) is 1.07. The number of aromatic nitrogens is 4. The van der Waals surface area contributed by atoms with E-state index in [4.69, 9.17) is 16.6 Å². The summed E-state index contributed by atoms with van der Waals surface area (Å²) in [6, 6.07) is -0.0392. The van der Waals surface area contributed by atoms with E-state index in [1.807, 2.05) is 0 Å². The monoisotopic (exact) mass is 566 g/mol. The summed E-state index contributed by atoms with van der Waals surface area (Å²) in [7, 11) is 0. The van der Waals surface area contributed by atoms with E-state index in [0.29, 0.717) is 44.4 Å². The summed E-state index contributed by atoms with van der Waals surface area (Å²) < 4.78 is 1.82. The second-order valence-electron chi connectivity index (χ2n) is 5.45. The molecule has 1 fully saturated rings. The molecule has 0 radical (unpaired) electrons. The fourth-order valence-electron chi connectivity index (χ4n) is 2.38. The first kappa shape index (κ1) is 21.6. The maximum atomic E-state index is 11.0. The normalized spacial score (nSPS) is 15.8. The van der Waals surface area contributed by atoms with Gasteiger partial charge >= 0.3 is 6.09 Å². The van der Waals surface area contributed by atoms with Crippen molar-refractivity contribution in [3.8, 4) is 0 Å². The Morgan fingerprint density at radius 1 is 1.19 bits per heavy atom. The van der Waals surface area contributed by atoms with E-state index in [9.17, 15) is 4.79 Å². The molecule has 1 aliphatic heterocycles. The fourth-order valence-corrected chi connectivity index (χ4v) is 3.47. The molecule has 146 valence electrons. The number of likely N-dealkylation sites (tertiary alicyclic amines) is 1. The third-order valence-electron chi connectivity index (χ3n) is 3.63. The number of hydrogen-bond acceptors (Lipinski definition) is 8. The summed E-state index contributed by atoms with van der Waals surface area (Å²) in [5, 5.41) is 12.1. The Hall–Kier alpha value is -1.73. The average molecular weight is 569 g/mol. The van der Waals surface area contributed by atoms with Crippen LogP contribution in [-0.4, -0.2) is 55.2 Å². The van der Waals surface area contributed by atoms with Crippen LogP contribution in [0.4, 0.5) is 22.2 Å². The first-order valence-corrected chi connectivity index (χ1v) is 10.1. The highest BCUT2D eigenvalue weighted by atomic mass is 79.9. The standard InChI is InChI=1S/C10H14BrN5O2.C4H3Br2N3/c11-7-5-13-8(12)9(15-7)14-4-6-2-1-3-16(6)10(17)18;5-2-1-8-4(7)3(6)9-2/h5-6H,1-4H2,(H2,12,13)(H,14,15)(H,17,18);1H,(H2,7,8). The van der Waals surface area contributed by atoms with Crippen LogP contribution < -0.4 is 16.8 Å². The molecule has 1 amide bonds. The number of nitrogens with two attached hydrogens (primary N) is 2. The second kappa shape index (κ2) is 9.99. The summed E-state index contributed by atoms with van der Waals surface area (Å²) >= 11 is 9.47. The van der Waals surface area contributed by atoms with Crippen LogP contribution in [0.2, 0.25) is 0 Å². The zero-order valence-corrected chi connectivity index (χ0v) is 18.7. The SMILES string of the molecule is Nc1ncc(Br)nc1Br.Nc1ncc(Br)nc1NCC1CCCN1C(=O)O. The molecule has 27 heavy (non-hydrogen) atoms. The Morgan fingerprint density at radius 3 is 2.41 bits per heavy atom. The lowest BCUT2D eigenvalue weighted by Gasteiger charge is -2.22. The molecule has 10 nitrogen and oxygen atoms in total. The largest absolute Gasteiger partial charge is 0.465 e. The van der Waals surface area contributed by atoms with E-state index in [1.165, 1.54) is 11.1 Å². The number of nitrogen functional groups attached to an aromatic ring is 2. The van der Waals surface area contributed by atoms with Gasteiger partial charge in [-0.3, -0.25) is 0 Å². The molecule has 2 aromatic heterocycles. The lowest BCUT2D eigenvalue weighted by atomic mass is 10.2. The molecule has 1 aliphatic rings. The first-order valence-electron chi connectivity index (χ1n) is 7.73. The van der Waals surface area contributed by atoms with Crippen LogP contribution >= 0.6 is 47.8 Å². The van der Waals surface area contributed by atoms with E-state index in [2.05, 4.69) is 73.0 Å². The van der Waals surface area contributed by atoms with Gasteiger partial charge in [-0.2, -0.15) is 0 Å². The van der Waals surface area contributed by atoms with Crippen LogP contribution in [0.3, 0.4) is 0 Å². The lowest BCUT2D eigenvalue weighted by molar-refractivity contribution is 0.142. The van der Waals surface area contributed by atoms with Gasteiger partial charge in [0.15, 0.2) is 17.5 Å². The predicted molar refractivity (Wildman–Crippen MR) is 112 cm³/mol. The number of anilines is 3. The van der Waals surface area contributed by atoms with Crippen molar-refractivity contribution >= 4 is 71.3 Å². The van der Waals surface area contributed by atoms with Gasteiger partial charge < -0.3 is 26.8 Å². The third-order valence-corrected chi connectivity index (χ3v) is 4.97. The van der Waals surface area contributed by atoms with Crippen LogP contribution in [0.5, 0.6) is 0 Å². The zero-order chi connectivity index (χ0) is 20.0. The minimum atomic E-state index is -0.882. The highest BCUT2D eigenvalue weighted by molar-refractivity contribution is 9.11. The highest BCUT2D eigenvalue weighted by Gasteiger charge is 2.28. The molecule has 3 heterocycles. The van der Waals surface area contributed by atoms with Gasteiger partial charge in [0, 0.05) is 13.1 Å². The topological polar surface area (TPSA) is 156 Å².